The van der Waals surface area contributed by atoms with E-state index in [1.165, 1.54) is 6.07 Å². The number of nitriles is 1. The van der Waals surface area contributed by atoms with Crippen molar-refractivity contribution in [2.75, 3.05) is 5.32 Å². The van der Waals surface area contributed by atoms with Gasteiger partial charge in [-0.3, -0.25) is 4.79 Å². The van der Waals surface area contributed by atoms with Gasteiger partial charge in [-0.25, -0.2) is 0 Å². The zero-order chi connectivity index (χ0) is 14.7. The van der Waals surface area contributed by atoms with Gasteiger partial charge in [0, 0.05) is 9.50 Å². The van der Waals surface area contributed by atoms with Crippen LogP contribution in [0, 0.1) is 11.3 Å². The minimum absolute atomic E-state index is 0.253. The summed E-state index contributed by atoms with van der Waals surface area (Å²) < 4.78 is 0.754. The molecule has 0 radical (unpaired) electrons. The van der Waals surface area contributed by atoms with Gasteiger partial charge in [0.25, 0.3) is 5.91 Å². The van der Waals surface area contributed by atoms with Crippen LogP contribution in [-0.4, -0.2) is 5.91 Å². The number of carbonyl (C=O) groups is 1. The number of rotatable bonds is 2. The lowest BCUT2D eigenvalue weighted by molar-refractivity contribution is 0.102. The number of hydrogen-bond donors (Lipinski definition) is 1. The fourth-order valence-electron chi connectivity index (χ4n) is 1.58. The Morgan fingerprint density at radius 2 is 1.95 bits per heavy atom. The molecule has 2 aromatic rings. The Labute approximate surface area is 134 Å². The number of benzene rings is 2. The second-order valence-electron chi connectivity index (χ2n) is 3.88. The Morgan fingerprint density at radius 3 is 2.65 bits per heavy atom. The Balaban J connectivity index is 2.35. The van der Waals surface area contributed by atoms with Crippen molar-refractivity contribution in [1.82, 2.24) is 0 Å². The maximum atomic E-state index is 12.2. The van der Waals surface area contributed by atoms with E-state index in [9.17, 15) is 4.79 Å². The van der Waals surface area contributed by atoms with Crippen molar-refractivity contribution in [3.05, 3.63) is 62.0 Å². The highest BCUT2D eigenvalue weighted by atomic mass is 79.9. The molecule has 0 heterocycles. The van der Waals surface area contributed by atoms with Gasteiger partial charge in [-0.15, -0.1) is 0 Å². The van der Waals surface area contributed by atoms with Crippen LogP contribution in [0.15, 0.2) is 40.9 Å². The van der Waals surface area contributed by atoms with Crippen LogP contribution in [-0.2, 0) is 0 Å². The average Bonchev–Trinajstić information content (AvgIpc) is 2.41. The Morgan fingerprint density at radius 1 is 1.20 bits per heavy atom. The van der Waals surface area contributed by atoms with Crippen LogP contribution in [0.1, 0.15) is 15.9 Å². The van der Waals surface area contributed by atoms with Gasteiger partial charge in [0.15, 0.2) is 0 Å². The topological polar surface area (TPSA) is 52.9 Å². The smallest absolute Gasteiger partial charge is 0.257 e. The van der Waals surface area contributed by atoms with Gasteiger partial charge < -0.3 is 5.32 Å². The van der Waals surface area contributed by atoms with Gasteiger partial charge in [0.2, 0.25) is 0 Å². The third-order valence-corrected chi connectivity index (χ3v) is 3.58. The van der Waals surface area contributed by atoms with Crippen molar-refractivity contribution in [2.45, 2.75) is 0 Å². The van der Waals surface area contributed by atoms with Crippen LogP contribution in [0.25, 0.3) is 0 Å². The average molecular weight is 370 g/mol. The van der Waals surface area contributed by atoms with E-state index in [1.54, 1.807) is 30.3 Å². The first-order valence-electron chi connectivity index (χ1n) is 5.47. The van der Waals surface area contributed by atoms with Crippen molar-refractivity contribution in [1.29, 1.82) is 5.26 Å². The summed E-state index contributed by atoms with van der Waals surface area (Å²) in [6.07, 6.45) is 0. The maximum absolute atomic E-state index is 12.2. The second kappa shape index (κ2) is 6.27. The number of hydrogen-bond acceptors (Lipinski definition) is 2. The van der Waals surface area contributed by atoms with E-state index in [0.29, 0.717) is 21.3 Å². The van der Waals surface area contributed by atoms with E-state index >= 15 is 0 Å². The molecule has 0 aliphatic carbocycles. The number of carbonyl (C=O) groups excluding carboxylic acids is 1. The summed E-state index contributed by atoms with van der Waals surface area (Å²) in [7, 11) is 0. The SMILES string of the molecule is N#Cc1ccc(Br)cc1NC(=O)c1cc(Cl)ccc1Cl. The van der Waals surface area contributed by atoms with E-state index in [0.717, 1.165) is 4.47 Å². The fraction of sp³-hybridized carbons (Fsp3) is 0. The molecule has 0 saturated carbocycles. The monoisotopic (exact) mass is 368 g/mol. The third kappa shape index (κ3) is 3.31. The van der Waals surface area contributed by atoms with Crippen molar-refractivity contribution in [3.63, 3.8) is 0 Å². The molecule has 3 nitrogen and oxygen atoms in total. The molecule has 0 atom stereocenters. The quantitative estimate of drug-likeness (QED) is 0.820. The third-order valence-electron chi connectivity index (χ3n) is 2.52. The highest BCUT2D eigenvalue weighted by Gasteiger charge is 2.13. The molecule has 1 N–H and O–H groups in total. The van der Waals surface area contributed by atoms with Gasteiger partial charge in [0.05, 0.1) is 21.8 Å². The first-order chi connectivity index (χ1) is 9.51. The molecule has 0 spiro atoms. The normalized spacial score (nSPS) is 9.90. The zero-order valence-corrected chi connectivity index (χ0v) is 13.1. The number of nitrogens with zero attached hydrogens (tertiary/aromatic N) is 1. The highest BCUT2D eigenvalue weighted by molar-refractivity contribution is 9.10. The molecule has 0 fully saturated rings. The molecule has 0 unspecified atom stereocenters. The number of nitrogens with one attached hydrogen (secondary N) is 1. The van der Waals surface area contributed by atoms with Crippen LogP contribution >= 0.6 is 39.1 Å². The minimum atomic E-state index is -0.424. The molecule has 0 bridgehead atoms. The first kappa shape index (κ1) is 14.9. The molecular weight excluding hydrogens is 363 g/mol. The van der Waals surface area contributed by atoms with Crippen molar-refractivity contribution in [3.8, 4) is 6.07 Å². The fourth-order valence-corrected chi connectivity index (χ4v) is 2.32. The maximum Gasteiger partial charge on any atom is 0.257 e. The number of halogens is 3. The molecule has 100 valence electrons. The molecule has 20 heavy (non-hydrogen) atoms. The lowest BCUT2D eigenvalue weighted by Crippen LogP contribution is -2.13. The zero-order valence-electron chi connectivity index (χ0n) is 9.95. The van der Waals surface area contributed by atoms with E-state index in [1.807, 2.05) is 6.07 Å². The van der Waals surface area contributed by atoms with Crippen molar-refractivity contribution in [2.24, 2.45) is 0 Å². The molecule has 0 aliphatic rings. The van der Waals surface area contributed by atoms with Crippen molar-refractivity contribution < 1.29 is 4.79 Å². The summed E-state index contributed by atoms with van der Waals surface area (Å²) in [4.78, 5) is 12.2. The van der Waals surface area contributed by atoms with Crippen LogP contribution < -0.4 is 5.32 Å². The van der Waals surface area contributed by atoms with Gasteiger partial charge in [-0.1, -0.05) is 39.1 Å². The second-order valence-corrected chi connectivity index (χ2v) is 5.64. The van der Waals surface area contributed by atoms with E-state index in [-0.39, 0.29) is 5.56 Å². The summed E-state index contributed by atoms with van der Waals surface area (Å²) in [5.41, 5.74) is 1.02. The Kier molecular flexibility index (Phi) is 4.66. The van der Waals surface area contributed by atoms with Gasteiger partial charge in [-0.05, 0) is 36.4 Å². The molecule has 0 aromatic heterocycles. The predicted molar refractivity (Wildman–Crippen MR) is 83.3 cm³/mol. The summed E-state index contributed by atoms with van der Waals surface area (Å²) in [6.45, 7) is 0. The largest absolute Gasteiger partial charge is 0.321 e. The molecule has 2 aromatic carbocycles. The molecule has 2 rings (SSSR count). The summed E-state index contributed by atoms with van der Waals surface area (Å²) in [5.74, 6) is -0.424. The number of anilines is 1. The van der Waals surface area contributed by atoms with Crippen LogP contribution in [0.5, 0.6) is 0 Å². The lowest BCUT2D eigenvalue weighted by atomic mass is 10.1. The minimum Gasteiger partial charge on any atom is -0.321 e. The number of amides is 1. The molecule has 1 amide bonds. The Hall–Kier alpha value is -1.54. The molecular formula is C14H7BrCl2N2O. The van der Waals surface area contributed by atoms with Gasteiger partial charge in [-0.2, -0.15) is 5.26 Å². The summed E-state index contributed by atoms with van der Waals surface area (Å²) >= 11 is 15.1. The molecule has 0 saturated heterocycles. The summed E-state index contributed by atoms with van der Waals surface area (Å²) in [6, 6.07) is 11.6. The van der Waals surface area contributed by atoms with Gasteiger partial charge in [0.1, 0.15) is 6.07 Å². The Bertz CT molecular complexity index is 726. The highest BCUT2D eigenvalue weighted by Crippen LogP contribution is 2.24. The van der Waals surface area contributed by atoms with E-state index in [2.05, 4.69) is 21.2 Å². The first-order valence-corrected chi connectivity index (χ1v) is 7.02. The standard InChI is InChI=1S/C14H7BrCl2N2O/c15-9-2-1-8(7-18)13(5-9)19-14(20)11-6-10(16)3-4-12(11)17/h1-6H,(H,19,20). The lowest BCUT2D eigenvalue weighted by Gasteiger charge is -2.09. The van der Waals surface area contributed by atoms with Crippen molar-refractivity contribution >= 4 is 50.7 Å². The van der Waals surface area contributed by atoms with Crippen LogP contribution in [0.3, 0.4) is 0 Å². The van der Waals surface area contributed by atoms with E-state index in [4.69, 9.17) is 28.5 Å². The summed E-state index contributed by atoms with van der Waals surface area (Å²) in [5, 5.41) is 12.4. The molecule has 6 heteroatoms. The molecule has 0 aliphatic heterocycles. The van der Waals surface area contributed by atoms with Crippen LogP contribution in [0.2, 0.25) is 10.0 Å². The van der Waals surface area contributed by atoms with Gasteiger partial charge >= 0.3 is 0 Å². The van der Waals surface area contributed by atoms with Crippen LogP contribution in [0.4, 0.5) is 5.69 Å². The van der Waals surface area contributed by atoms with E-state index < -0.39 is 5.91 Å². The predicted octanol–water partition coefficient (Wildman–Crippen LogP) is 4.88.